The maximum absolute atomic E-state index is 11.5. The van der Waals surface area contributed by atoms with E-state index in [2.05, 4.69) is 18.3 Å². The van der Waals surface area contributed by atoms with Crippen LogP contribution >= 0.6 is 0 Å². The number of fused-ring (bicyclic) bond motifs is 1. The Morgan fingerprint density at radius 2 is 2.28 bits per heavy atom. The second kappa shape index (κ2) is 4.28. The van der Waals surface area contributed by atoms with Crippen molar-refractivity contribution in [1.82, 2.24) is 9.88 Å². The van der Waals surface area contributed by atoms with Crippen LogP contribution in [0.4, 0.5) is 0 Å². The molecule has 0 radical (unpaired) electrons. The van der Waals surface area contributed by atoms with Gasteiger partial charge in [0.1, 0.15) is 0 Å². The predicted octanol–water partition coefficient (Wildman–Crippen LogP) is 1.99. The Balaban J connectivity index is 2.00. The van der Waals surface area contributed by atoms with E-state index in [1.54, 1.807) is 11.6 Å². The Morgan fingerprint density at radius 1 is 1.44 bits per heavy atom. The first-order valence-electron chi connectivity index (χ1n) is 6.48. The number of rotatable bonds is 1. The van der Waals surface area contributed by atoms with Crippen LogP contribution in [0.3, 0.4) is 0 Å². The Labute approximate surface area is 106 Å². The van der Waals surface area contributed by atoms with Gasteiger partial charge in [-0.05, 0) is 49.9 Å². The van der Waals surface area contributed by atoms with Crippen LogP contribution in [0.5, 0.6) is 0 Å². The van der Waals surface area contributed by atoms with Gasteiger partial charge in [-0.1, -0.05) is 6.07 Å². The lowest BCUT2D eigenvalue weighted by Crippen LogP contribution is -2.34. The minimum Gasteiger partial charge on any atom is -0.408 e. The maximum atomic E-state index is 11.5. The second-order valence-electron chi connectivity index (χ2n) is 5.23. The molecule has 1 aromatic heterocycles. The Kier molecular flexibility index (Phi) is 2.74. The number of aromatic nitrogens is 1. The highest BCUT2D eigenvalue weighted by atomic mass is 16.4. The van der Waals surface area contributed by atoms with Gasteiger partial charge < -0.3 is 9.73 Å². The summed E-state index contributed by atoms with van der Waals surface area (Å²) in [5.41, 5.74) is 2.85. The van der Waals surface area contributed by atoms with Gasteiger partial charge >= 0.3 is 5.76 Å². The molecule has 18 heavy (non-hydrogen) atoms. The van der Waals surface area contributed by atoms with Gasteiger partial charge in [-0.15, -0.1) is 0 Å². The SMILES string of the molecule is CC1CC(c2ccc3c(c2)oc(=O)n3C)CCN1. The molecule has 0 saturated carbocycles. The number of piperidine rings is 1. The van der Waals surface area contributed by atoms with E-state index in [0.29, 0.717) is 17.5 Å². The van der Waals surface area contributed by atoms with Gasteiger partial charge in [-0.25, -0.2) is 4.79 Å². The molecule has 0 spiro atoms. The minimum absolute atomic E-state index is 0.291. The molecule has 0 amide bonds. The van der Waals surface area contributed by atoms with Gasteiger partial charge in [0.15, 0.2) is 5.58 Å². The standard InChI is InChI=1S/C14H18N2O2/c1-9-7-11(5-6-15-9)10-3-4-12-13(8-10)18-14(17)16(12)2/h3-4,8-9,11,15H,5-7H2,1-2H3. The molecule has 4 heteroatoms. The number of aryl methyl sites for hydroxylation is 1. The average molecular weight is 246 g/mol. The molecule has 1 N–H and O–H groups in total. The fourth-order valence-electron chi connectivity index (χ4n) is 2.84. The molecular weight excluding hydrogens is 228 g/mol. The number of hydrogen-bond acceptors (Lipinski definition) is 3. The van der Waals surface area contributed by atoms with Gasteiger partial charge in [-0.3, -0.25) is 4.57 Å². The molecule has 3 rings (SSSR count). The monoisotopic (exact) mass is 246 g/mol. The molecule has 1 aromatic carbocycles. The Hall–Kier alpha value is -1.55. The lowest BCUT2D eigenvalue weighted by Gasteiger charge is -2.28. The average Bonchev–Trinajstić information content (AvgIpc) is 2.65. The van der Waals surface area contributed by atoms with Gasteiger partial charge in [0.05, 0.1) is 5.52 Å². The van der Waals surface area contributed by atoms with Gasteiger partial charge in [0, 0.05) is 13.1 Å². The van der Waals surface area contributed by atoms with Crippen molar-refractivity contribution in [2.45, 2.75) is 31.7 Å². The highest BCUT2D eigenvalue weighted by molar-refractivity contribution is 5.73. The first kappa shape index (κ1) is 11.5. The van der Waals surface area contributed by atoms with Crippen molar-refractivity contribution in [3.05, 3.63) is 34.3 Å². The summed E-state index contributed by atoms with van der Waals surface area (Å²) in [6.45, 7) is 3.27. The van der Waals surface area contributed by atoms with E-state index in [9.17, 15) is 4.79 Å². The quantitative estimate of drug-likeness (QED) is 0.837. The number of hydrogen-bond donors (Lipinski definition) is 1. The summed E-state index contributed by atoms with van der Waals surface area (Å²) < 4.78 is 6.79. The van der Waals surface area contributed by atoms with Crippen molar-refractivity contribution >= 4 is 11.1 Å². The van der Waals surface area contributed by atoms with Crippen LogP contribution in [0.1, 0.15) is 31.2 Å². The molecular formula is C14H18N2O2. The molecule has 0 bridgehead atoms. The topological polar surface area (TPSA) is 47.2 Å². The van der Waals surface area contributed by atoms with E-state index >= 15 is 0 Å². The zero-order chi connectivity index (χ0) is 12.7. The summed E-state index contributed by atoms with van der Waals surface area (Å²) >= 11 is 0. The molecule has 4 nitrogen and oxygen atoms in total. The van der Waals surface area contributed by atoms with Crippen molar-refractivity contribution in [2.75, 3.05) is 6.54 Å². The third kappa shape index (κ3) is 1.86. The number of nitrogens with one attached hydrogen (secondary N) is 1. The number of oxazole rings is 1. The first-order valence-corrected chi connectivity index (χ1v) is 6.48. The number of nitrogens with zero attached hydrogens (tertiary/aromatic N) is 1. The van der Waals surface area contributed by atoms with E-state index in [0.717, 1.165) is 24.9 Å². The largest absolute Gasteiger partial charge is 0.419 e. The van der Waals surface area contributed by atoms with Crippen LogP contribution in [-0.2, 0) is 7.05 Å². The predicted molar refractivity (Wildman–Crippen MR) is 70.9 cm³/mol. The molecule has 1 aliphatic rings. The van der Waals surface area contributed by atoms with Crippen LogP contribution in [0.15, 0.2) is 27.4 Å². The van der Waals surface area contributed by atoms with Crippen molar-refractivity contribution in [2.24, 2.45) is 7.05 Å². The molecule has 2 aromatic rings. The molecule has 1 saturated heterocycles. The summed E-state index contributed by atoms with van der Waals surface area (Å²) in [4.78, 5) is 11.5. The van der Waals surface area contributed by atoms with E-state index in [1.807, 2.05) is 12.1 Å². The zero-order valence-corrected chi connectivity index (χ0v) is 10.8. The molecule has 1 aliphatic heterocycles. The smallest absolute Gasteiger partial charge is 0.408 e. The summed E-state index contributed by atoms with van der Waals surface area (Å²) in [5, 5.41) is 3.45. The fourth-order valence-corrected chi connectivity index (χ4v) is 2.84. The van der Waals surface area contributed by atoms with Crippen LogP contribution in [0.2, 0.25) is 0 Å². The van der Waals surface area contributed by atoms with Gasteiger partial charge in [-0.2, -0.15) is 0 Å². The molecule has 2 unspecified atom stereocenters. The van der Waals surface area contributed by atoms with Gasteiger partial charge in [0.25, 0.3) is 0 Å². The van der Waals surface area contributed by atoms with Crippen molar-refractivity contribution in [3.63, 3.8) is 0 Å². The van der Waals surface area contributed by atoms with Crippen LogP contribution in [-0.4, -0.2) is 17.2 Å². The van der Waals surface area contributed by atoms with Crippen molar-refractivity contribution in [3.8, 4) is 0 Å². The third-order valence-electron chi connectivity index (χ3n) is 3.91. The second-order valence-corrected chi connectivity index (χ2v) is 5.23. The molecule has 2 atom stereocenters. The summed E-state index contributed by atoms with van der Waals surface area (Å²) in [6.07, 6.45) is 2.29. The highest BCUT2D eigenvalue weighted by Gasteiger charge is 2.20. The maximum Gasteiger partial charge on any atom is 0.419 e. The Morgan fingerprint density at radius 3 is 3.06 bits per heavy atom. The van der Waals surface area contributed by atoms with Gasteiger partial charge in [0.2, 0.25) is 0 Å². The lowest BCUT2D eigenvalue weighted by atomic mass is 9.87. The van der Waals surface area contributed by atoms with Crippen LogP contribution in [0.25, 0.3) is 11.1 Å². The van der Waals surface area contributed by atoms with E-state index in [1.165, 1.54) is 5.56 Å². The summed E-state index contributed by atoms with van der Waals surface area (Å²) in [5.74, 6) is 0.275. The normalized spacial score (nSPS) is 24.6. The van der Waals surface area contributed by atoms with E-state index in [4.69, 9.17) is 4.42 Å². The summed E-state index contributed by atoms with van der Waals surface area (Å²) in [7, 11) is 1.74. The molecule has 1 fully saturated rings. The van der Waals surface area contributed by atoms with Crippen molar-refractivity contribution in [1.29, 1.82) is 0 Å². The molecule has 0 aliphatic carbocycles. The Bertz CT molecular complexity index is 626. The van der Waals surface area contributed by atoms with E-state index in [-0.39, 0.29) is 5.76 Å². The zero-order valence-electron chi connectivity index (χ0n) is 10.8. The fraction of sp³-hybridized carbons (Fsp3) is 0.500. The molecule has 96 valence electrons. The van der Waals surface area contributed by atoms with Crippen molar-refractivity contribution < 1.29 is 4.42 Å². The minimum atomic E-state index is -0.291. The summed E-state index contributed by atoms with van der Waals surface area (Å²) in [6, 6.07) is 6.70. The molecule has 2 heterocycles. The number of benzene rings is 1. The van der Waals surface area contributed by atoms with Crippen LogP contribution in [0, 0.1) is 0 Å². The van der Waals surface area contributed by atoms with E-state index < -0.39 is 0 Å². The first-order chi connectivity index (χ1) is 8.65. The highest BCUT2D eigenvalue weighted by Crippen LogP contribution is 2.29. The third-order valence-corrected chi connectivity index (χ3v) is 3.91. The van der Waals surface area contributed by atoms with Crippen LogP contribution < -0.4 is 11.1 Å². The lowest BCUT2D eigenvalue weighted by molar-refractivity contribution is 0.381.